The molecule has 3 heterocycles. The molecule has 2 fully saturated rings. The first-order valence-corrected chi connectivity index (χ1v) is 9.29. The van der Waals surface area contributed by atoms with Crippen molar-refractivity contribution in [2.45, 2.75) is 51.0 Å². The van der Waals surface area contributed by atoms with Crippen molar-refractivity contribution < 1.29 is 4.79 Å². The quantitative estimate of drug-likeness (QED) is 0.824. The molecule has 0 saturated carbocycles. The van der Waals surface area contributed by atoms with Crippen molar-refractivity contribution in [3.8, 4) is 0 Å². The van der Waals surface area contributed by atoms with Gasteiger partial charge in [0.2, 0.25) is 0 Å². The van der Waals surface area contributed by atoms with E-state index in [1.54, 1.807) is 11.3 Å². The maximum atomic E-state index is 12.6. The predicted octanol–water partition coefficient (Wildman–Crippen LogP) is 4.04. The van der Waals surface area contributed by atoms with Gasteiger partial charge in [-0.15, -0.1) is 23.7 Å². The Morgan fingerprint density at radius 1 is 1.14 bits per heavy atom. The number of carbonyl (C=O) groups is 1. The molecule has 0 N–H and O–H groups in total. The summed E-state index contributed by atoms with van der Waals surface area (Å²) in [5.74, 6) is 0.258. The summed E-state index contributed by atoms with van der Waals surface area (Å²) < 4.78 is 0. The fourth-order valence-corrected chi connectivity index (χ4v) is 4.30. The van der Waals surface area contributed by atoms with Crippen LogP contribution in [0, 0.1) is 0 Å². The van der Waals surface area contributed by atoms with Crippen LogP contribution in [0.15, 0.2) is 17.5 Å². The Hall–Kier alpha value is -0.580. The topological polar surface area (TPSA) is 23.6 Å². The van der Waals surface area contributed by atoms with Gasteiger partial charge < -0.3 is 9.80 Å². The summed E-state index contributed by atoms with van der Waals surface area (Å²) in [6.07, 6.45) is 8.87. The second-order valence-corrected chi connectivity index (χ2v) is 7.26. The molecule has 3 nitrogen and oxygen atoms in total. The number of amides is 1. The minimum Gasteiger partial charge on any atom is -0.335 e. The maximum absolute atomic E-state index is 12.6. The smallest absolute Gasteiger partial charge is 0.264 e. The zero-order chi connectivity index (χ0) is 14.5. The van der Waals surface area contributed by atoms with Crippen LogP contribution in [0.1, 0.15) is 54.6 Å². The van der Waals surface area contributed by atoms with E-state index in [1.165, 1.54) is 51.7 Å². The van der Waals surface area contributed by atoms with Gasteiger partial charge in [0.05, 0.1) is 4.88 Å². The van der Waals surface area contributed by atoms with Gasteiger partial charge in [-0.05, 0) is 63.1 Å². The fourth-order valence-electron chi connectivity index (χ4n) is 3.62. The van der Waals surface area contributed by atoms with Gasteiger partial charge in [-0.1, -0.05) is 12.5 Å². The van der Waals surface area contributed by atoms with Gasteiger partial charge in [0.1, 0.15) is 0 Å². The average Bonchev–Trinajstić information content (AvgIpc) is 3.08. The third kappa shape index (κ3) is 4.46. The average molecular weight is 343 g/mol. The van der Waals surface area contributed by atoms with E-state index in [4.69, 9.17) is 0 Å². The zero-order valence-electron chi connectivity index (χ0n) is 13.2. The highest BCUT2D eigenvalue weighted by atomic mass is 35.5. The Balaban J connectivity index is 0.00000176. The Morgan fingerprint density at radius 3 is 2.64 bits per heavy atom. The molecule has 0 bridgehead atoms. The lowest BCUT2D eigenvalue weighted by Gasteiger charge is -2.37. The Bertz CT molecular complexity index is 446. The fraction of sp³-hybridized carbons (Fsp3) is 0.706. The third-order valence-electron chi connectivity index (χ3n) is 4.85. The van der Waals surface area contributed by atoms with Crippen LogP contribution >= 0.6 is 23.7 Å². The summed E-state index contributed by atoms with van der Waals surface area (Å²) in [6.45, 7) is 4.62. The van der Waals surface area contributed by atoms with Crippen molar-refractivity contribution in [2.75, 3.05) is 26.2 Å². The molecule has 2 aliphatic rings. The largest absolute Gasteiger partial charge is 0.335 e. The molecule has 2 aliphatic heterocycles. The van der Waals surface area contributed by atoms with Gasteiger partial charge in [0, 0.05) is 19.1 Å². The van der Waals surface area contributed by atoms with Crippen LogP contribution in [0.2, 0.25) is 0 Å². The first-order valence-electron chi connectivity index (χ1n) is 8.41. The summed E-state index contributed by atoms with van der Waals surface area (Å²) in [4.78, 5) is 18.3. The summed E-state index contributed by atoms with van der Waals surface area (Å²) in [6, 6.07) is 4.39. The molecule has 1 atom stereocenters. The van der Waals surface area contributed by atoms with Crippen molar-refractivity contribution >= 4 is 29.7 Å². The number of hydrogen-bond donors (Lipinski definition) is 0. The monoisotopic (exact) mass is 342 g/mol. The number of halogens is 1. The molecule has 1 unspecified atom stereocenters. The number of carbonyl (C=O) groups excluding carboxylic acids is 1. The standard InChI is InChI=1S/C17H26N2OS.ClH/c20-17(16-8-6-14-21-16)19-12-5-2-7-15(19)9-13-18-10-3-1-4-11-18;/h6,8,14-15H,1-5,7,9-13H2;1H. The number of rotatable bonds is 4. The number of thiophene rings is 1. The van der Waals surface area contributed by atoms with Gasteiger partial charge >= 0.3 is 0 Å². The van der Waals surface area contributed by atoms with E-state index >= 15 is 0 Å². The van der Waals surface area contributed by atoms with Gasteiger partial charge in [-0.2, -0.15) is 0 Å². The molecule has 3 rings (SSSR count). The molecule has 1 aromatic heterocycles. The normalized spacial score (nSPS) is 23.1. The van der Waals surface area contributed by atoms with Crippen molar-refractivity contribution in [3.05, 3.63) is 22.4 Å². The second-order valence-electron chi connectivity index (χ2n) is 6.32. The van der Waals surface area contributed by atoms with Crippen molar-refractivity contribution in [1.29, 1.82) is 0 Å². The van der Waals surface area contributed by atoms with E-state index in [-0.39, 0.29) is 18.3 Å². The lowest BCUT2D eigenvalue weighted by Crippen LogP contribution is -2.45. The molecule has 1 aromatic rings. The number of hydrogen-bond acceptors (Lipinski definition) is 3. The van der Waals surface area contributed by atoms with Crippen molar-refractivity contribution in [3.63, 3.8) is 0 Å². The van der Waals surface area contributed by atoms with Crippen LogP contribution in [0.4, 0.5) is 0 Å². The highest BCUT2D eigenvalue weighted by molar-refractivity contribution is 7.12. The van der Waals surface area contributed by atoms with E-state index < -0.39 is 0 Å². The van der Waals surface area contributed by atoms with Crippen molar-refractivity contribution in [2.24, 2.45) is 0 Å². The highest BCUT2D eigenvalue weighted by Gasteiger charge is 2.28. The van der Waals surface area contributed by atoms with E-state index in [9.17, 15) is 4.79 Å². The molecular weight excluding hydrogens is 316 g/mol. The molecule has 0 radical (unpaired) electrons. The third-order valence-corrected chi connectivity index (χ3v) is 5.71. The summed E-state index contributed by atoms with van der Waals surface area (Å²) in [7, 11) is 0. The number of likely N-dealkylation sites (tertiary alicyclic amines) is 2. The van der Waals surface area contributed by atoms with Crippen LogP contribution in [-0.2, 0) is 0 Å². The molecule has 22 heavy (non-hydrogen) atoms. The lowest BCUT2D eigenvalue weighted by molar-refractivity contribution is 0.0584. The molecule has 5 heteroatoms. The second kappa shape index (κ2) is 8.90. The Morgan fingerprint density at radius 2 is 1.91 bits per heavy atom. The molecule has 0 aromatic carbocycles. The molecule has 1 amide bonds. The summed E-state index contributed by atoms with van der Waals surface area (Å²) in [5.41, 5.74) is 0. The van der Waals surface area contributed by atoms with Crippen LogP contribution < -0.4 is 0 Å². The Labute approximate surface area is 144 Å². The lowest BCUT2D eigenvalue weighted by atomic mass is 9.98. The molecular formula is C17H27ClN2OS. The van der Waals surface area contributed by atoms with E-state index in [2.05, 4.69) is 9.80 Å². The van der Waals surface area contributed by atoms with Crippen LogP contribution in [-0.4, -0.2) is 47.9 Å². The first-order chi connectivity index (χ1) is 10.3. The molecule has 0 spiro atoms. The summed E-state index contributed by atoms with van der Waals surface area (Å²) in [5, 5.41) is 2.00. The highest BCUT2D eigenvalue weighted by Crippen LogP contribution is 2.24. The van der Waals surface area contributed by atoms with Gasteiger partial charge in [-0.25, -0.2) is 0 Å². The zero-order valence-corrected chi connectivity index (χ0v) is 14.8. The first kappa shape index (κ1) is 17.8. The van der Waals surface area contributed by atoms with E-state index in [0.29, 0.717) is 6.04 Å². The maximum Gasteiger partial charge on any atom is 0.264 e. The van der Waals surface area contributed by atoms with Crippen LogP contribution in [0.5, 0.6) is 0 Å². The Kier molecular flexibility index (Phi) is 7.19. The molecule has 2 saturated heterocycles. The van der Waals surface area contributed by atoms with Gasteiger partial charge in [0.25, 0.3) is 5.91 Å². The molecule has 0 aliphatic carbocycles. The number of piperidine rings is 2. The summed E-state index contributed by atoms with van der Waals surface area (Å²) >= 11 is 1.57. The van der Waals surface area contributed by atoms with Crippen LogP contribution in [0.25, 0.3) is 0 Å². The molecule has 124 valence electrons. The van der Waals surface area contributed by atoms with Gasteiger partial charge in [0.15, 0.2) is 0 Å². The van der Waals surface area contributed by atoms with E-state index in [0.717, 1.165) is 24.3 Å². The van der Waals surface area contributed by atoms with E-state index in [1.807, 2.05) is 17.5 Å². The number of nitrogens with zero attached hydrogens (tertiary/aromatic N) is 2. The SMILES string of the molecule is Cl.O=C(c1cccs1)N1CCCCC1CCN1CCCCC1. The van der Waals surface area contributed by atoms with Crippen molar-refractivity contribution in [1.82, 2.24) is 9.80 Å². The van der Waals surface area contributed by atoms with Gasteiger partial charge in [-0.3, -0.25) is 4.79 Å². The minimum absolute atomic E-state index is 0. The minimum atomic E-state index is 0. The van der Waals surface area contributed by atoms with Crippen LogP contribution in [0.3, 0.4) is 0 Å². The predicted molar refractivity (Wildman–Crippen MR) is 95.2 cm³/mol.